The van der Waals surface area contributed by atoms with Crippen LogP contribution in [0.5, 0.6) is 11.5 Å². The predicted octanol–water partition coefficient (Wildman–Crippen LogP) is 3.33. The third-order valence-corrected chi connectivity index (χ3v) is 3.70. The maximum atomic E-state index is 12.3. The molecule has 1 heterocycles. The Morgan fingerprint density at radius 3 is 2.62 bits per heavy atom. The minimum Gasteiger partial charge on any atom is -0.493 e. The summed E-state index contributed by atoms with van der Waals surface area (Å²) in [6.07, 6.45) is 1.47. The highest BCUT2D eigenvalue weighted by Crippen LogP contribution is 2.31. The molecule has 1 aromatic heterocycles. The Morgan fingerprint density at radius 2 is 2.05 bits per heavy atom. The quantitative estimate of drug-likeness (QED) is 0.827. The van der Waals surface area contributed by atoms with E-state index in [1.54, 1.807) is 32.2 Å². The summed E-state index contributed by atoms with van der Waals surface area (Å²) in [7, 11) is 4.88. The first-order valence-corrected chi connectivity index (χ1v) is 7.06. The van der Waals surface area contributed by atoms with Gasteiger partial charge in [0.25, 0.3) is 5.91 Å². The molecule has 0 atom stereocenters. The molecule has 0 aliphatic carbocycles. The Balaban J connectivity index is 2.22. The molecule has 0 radical (unpaired) electrons. The fraction of sp³-hybridized carbons (Fsp3) is 0.267. The molecule has 21 heavy (non-hydrogen) atoms. The number of methoxy groups -OCH3 is 2. The van der Waals surface area contributed by atoms with Crippen molar-refractivity contribution in [2.75, 3.05) is 21.3 Å². The van der Waals surface area contributed by atoms with Gasteiger partial charge in [-0.05, 0) is 28.1 Å². The van der Waals surface area contributed by atoms with E-state index in [2.05, 4.69) is 15.9 Å². The second-order valence-corrected chi connectivity index (χ2v) is 5.14. The van der Waals surface area contributed by atoms with Crippen molar-refractivity contribution in [3.05, 3.63) is 46.3 Å². The molecule has 0 unspecified atom stereocenters. The van der Waals surface area contributed by atoms with Crippen LogP contribution in [0.25, 0.3) is 0 Å². The van der Waals surface area contributed by atoms with Gasteiger partial charge < -0.3 is 18.8 Å². The van der Waals surface area contributed by atoms with Crippen molar-refractivity contribution >= 4 is 21.8 Å². The fourth-order valence-corrected chi connectivity index (χ4v) is 2.47. The van der Waals surface area contributed by atoms with Crippen molar-refractivity contribution in [3.63, 3.8) is 0 Å². The van der Waals surface area contributed by atoms with Crippen LogP contribution in [0.3, 0.4) is 0 Å². The molecule has 0 aliphatic heterocycles. The van der Waals surface area contributed by atoms with Crippen molar-refractivity contribution in [1.82, 2.24) is 4.90 Å². The number of rotatable bonds is 5. The van der Waals surface area contributed by atoms with Gasteiger partial charge in [0.05, 0.1) is 26.0 Å². The van der Waals surface area contributed by atoms with E-state index in [0.717, 1.165) is 5.56 Å². The van der Waals surface area contributed by atoms with E-state index in [1.165, 1.54) is 6.26 Å². The molecular formula is C15H16BrNO4. The van der Waals surface area contributed by atoms with E-state index in [0.29, 0.717) is 28.3 Å². The maximum absolute atomic E-state index is 12.3. The molecule has 1 amide bonds. The number of para-hydroxylation sites is 1. The molecule has 0 saturated heterocycles. The summed E-state index contributed by atoms with van der Waals surface area (Å²) < 4.78 is 16.2. The highest BCUT2D eigenvalue weighted by Gasteiger charge is 2.19. The third kappa shape index (κ3) is 3.21. The lowest BCUT2D eigenvalue weighted by Gasteiger charge is -2.19. The minimum absolute atomic E-state index is 0.138. The molecule has 0 aliphatic rings. The lowest BCUT2D eigenvalue weighted by Crippen LogP contribution is -2.26. The number of hydrogen-bond acceptors (Lipinski definition) is 4. The molecule has 5 nitrogen and oxygen atoms in total. The van der Waals surface area contributed by atoms with Crippen LogP contribution >= 0.6 is 15.9 Å². The zero-order valence-corrected chi connectivity index (χ0v) is 13.6. The minimum atomic E-state index is -0.138. The van der Waals surface area contributed by atoms with E-state index >= 15 is 0 Å². The van der Waals surface area contributed by atoms with Crippen molar-refractivity contribution in [2.24, 2.45) is 0 Å². The van der Waals surface area contributed by atoms with Gasteiger partial charge in [0.1, 0.15) is 0 Å². The Bertz CT molecular complexity index is 638. The van der Waals surface area contributed by atoms with Crippen LogP contribution < -0.4 is 9.47 Å². The Labute approximate surface area is 131 Å². The Kier molecular flexibility index (Phi) is 4.90. The zero-order valence-electron chi connectivity index (χ0n) is 12.1. The van der Waals surface area contributed by atoms with Crippen LogP contribution in [0.15, 0.2) is 39.6 Å². The first kappa shape index (κ1) is 15.4. The first-order chi connectivity index (χ1) is 10.1. The van der Waals surface area contributed by atoms with Crippen LogP contribution in [-0.4, -0.2) is 32.1 Å². The Hall–Kier alpha value is -1.95. The molecule has 0 bridgehead atoms. The van der Waals surface area contributed by atoms with E-state index in [1.807, 2.05) is 18.2 Å². The van der Waals surface area contributed by atoms with Gasteiger partial charge in [-0.15, -0.1) is 0 Å². The number of benzene rings is 1. The van der Waals surface area contributed by atoms with Gasteiger partial charge in [0.2, 0.25) is 0 Å². The van der Waals surface area contributed by atoms with E-state index in [4.69, 9.17) is 13.9 Å². The summed E-state index contributed by atoms with van der Waals surface area (Å²) in [6.45, 7) is 0.400. The zero-order chi connectivity index (χ0) is 15.4. The number of carbonyl (C=O) groups is 1. The van der Waals surface area contributed by atoms with Gasteiger partial charge in [-0.25, -0.2) is 0 Å². The van der Waals surface area contributed by atoms with E-state index < -0.39 is 0 Å². The van der Waals surface area contributed by atoms with Gasteiger partial charge in [-0.1, -0.05) is 12.1 Å². The summed E-state index contributed by atoms with van der Waals surface area (Å²) in [4.78, 5) is 13.9. The van der Waals surface area contributed by atoms with Gasteiger partial charge in [0.15, 0.2) is 16.2 Å². The van der Waals surface area contributed by atoms with Crippen molar-refractivity contribution in [3.8, 4) is 11.5 Å². The SMILES string of the molecule is COc1cccc(CN(C)C(=O)c2ccoc2Br)c1OC. The number of halogens is 1. The van der Waals surface area contributed by atoms with Gasteiger partial charge in [-0.3, -0.25) is 4.79 Å². The highest BCUT2D eigenvalue weighted by molar-refractivity contribution is 9.10. The van der Waals surface area contributed by atoms with Crippen molar-refractivity contribution in [1.29, 1.82) is 0 Å². The van der Waals surface area contributed by atoms with Gasteiger partial charge in [0, 0.05) is 19.2 Å². The number of ether oxygens (including phenoxy) is 2. The molecule has 2 aromatic rings. The maximum Gasteiger partial charge on any atom is 0.258 e. The number of carbonyl (C=O) groups excluding carboxylic acids is 1. The van der Waals surface area contributed by atoms with Crippen molar-refractivity contribution < 1.29 is 18.7 Å². The Morgan fingerprint density at radius 1 is 1.29 bits per heavy atom. The largest absolute Gasteiger partial charge is 0.493 e. The van der Waals surface area contributed by atoms with Crippen molar-refractivity contribution in [2.45, 2.75) is 6.54 Å². The molecule has 0 saturated carbocycles. The van der Waals surface area contributed by atoms with E-state index in [-0.39, 0.29) is 5.91 Å². The average molecular weight is 354 g/mol. The summed E-state index contributed by atoms with van der Waals surface area (Å²) in [5.41, 5.74) is 1.35. The molecule has 1 aromatic carbocycles. The molecule has 0 N–H and O–H groups in total. The predicted molar refractivity (Wildman–Crippen MR) is 81.8 cm³/mol. The molecule has 112 valence electrons. The monoisotopic (exact) mass is 353 g/mol. The lowest BCUT2D eigenvalue weighted by molar-refractivity contribution is 0.0782. The topological polar surface area (TPSA) is 51.9 Å². The molecular weight excluding hydrogens is 338 g/mol. The molecule has 0 spiro atoms. The van der Waals surface area contributed by atoms with Crippen LogP contribution in [0, 0.1) is 0 Å². The van der Waals surface area contributed by atoms with Crippen LogP contribution in [0.1, 0.15) is 15.9 Å². The lowest BCUT2D eigenvalue weighted by atomic mass is 10.1. The van der Waals surface area contributed by atoms with Crippen LogP contribution in [0.4, 0.5) is 0 Å². The van der Waals surface area contributed by atoms with E-state index in [9.17, 15) is 4.79 Å². The van der Waals surface area contributed by atoms with Gasteiger partial charge in [-0.2, -0.15) is 0 Å². The third-order valence-electron chi connectivity index (χ3n) is 3.09. The number of nitrogens with zero attached hydrogens (tertiary/aromatic N) is 1. The summed E-state index contributed by atoms with van der Waals surface area (Å²) >= 11 is 3.21. The number of amides is 1. The normalized spacial score (nSPS) is 10.3. The summed E-state index contributed by atoms with van der Waals surface area (Å²) in [5.74, 6) is 1.13. The van der Waals surface area contributed by atoms with Crippen LogP contribution in [-0.2, 0) is 6.54 Å². The molecule has 2 rings (SSSR count). The van der Waals surface area contributed by atoms with Gasteiger partial charge >= 0.3 is 0 Å². The smallest absolute Gasteiger partial charge is 0.258 e. The molecule has 6 heteroatoms. The fourth-order valence-electron chi connectivity index (χ4n) is 2.06. The standard InChI is InChI=1S/C15H16BrNO4/c1-17(15(18)11-7-8-21-14(11)16)9-10-5-4-6-12(19-2)13(10)20-3/h4-8H,9H2,1-3H3. The number of furan rings is 1. The second kappa shape index (κ2) is 6.67. The average Bonchev–Trinajstić information content (AvgIpc) is 2.92. The number of hydrogen-bond donors (Lipinski definition) is 0. The highest BCUT2D eigenvalue weighted by atomic mass is 79.9. The molecule has 0 fully saturated rings. The van der Waals surface area contributed by atoms with Crippen LogP contribution in [0.2, 0.25) is 0 Å². The first-order valence-electron chi connectivity index (χ1n) is 6.26. The summed E-state index contributed by atoms with van der Waals surface area (Å²) in [6, 6.07) is 7.21. The second-order valence-electron chi connectivity index (χ2n) is 4.42. The summed E-state index contributed by atoms with van der Waals surface area (Å²) in [5, 5.41) is 0.